The number of carbonyl (C=O) groups excluding carboxylic acids is 1. The molecule has 7 heteroatoms. The van der Waals surface area contributed by atoms with Crippen LogP contribution in [0.2, 0.25) is 0 Å². The van der Waals surface area contributed by atoms with Crippen LogP contribution in [0.1, 0.15) is 6.42 Å². The maximum Gasteiger partial charge on any atom is 0.396 e. The van der Waals surface area contributed by atoms with E-state index < -0.39 is 12.1 Å². The van der Waals surface area contributed by atoms with Crippen LogP contribution in [0.3, 0.4) is 0 Å². The van der Waals surface area contributed by atoms with Crippen LogP contribution < -0.4 is 0 Å². The Morgan fingerprint density at radius 2 is 2.11 bits per heavy atom. The number of hydrogen-bond acceptors (Lipinski definition) is 5. The molecule has 2 atom stereocenters. The molecular formula is C11H25NO5P+. The van der Waals surface area contributed by atoms with Crippen LogP contribution in [0, 0.1) is 0 Å². The minimum absolute atomic E-state index is 0.135. The van der Waals surface area contributed by atoms with E-state index in [9.17, 15) is 9.90 Å². The smallest absolute Gasteiger partial charge is 0.385 e. The summed E-state index contributed by atoms with van der Waals surface area (Å²) in [6.45, 7) is 1.47. The van der Waals surface area contributed by atoms with Gasteiger partial charge in [0.25, 0.3) is 0 Å². The van der Waals surface area contributed by atoms with Crippen molar-refractivity contribution in [2.75, 3.05) is 53.7 Å². The lowest BCUT2D eigenvalue weighted by molar-refractivity contribution is -0.886. The molecule has 0 radical (unpaired) electrons. The number of aliphatic hydroxyl groups is 1. The van der Waals surface area contributed by atoms with Crippen LogP contribution in [-0.2, 0) is 19.3 Å². The third kappa shape index (κ3) is 9.74. The van der Waals surface area contributed by atoms with Crippen molar-refractivity contribution in [3.05, 3.63) is 0 Å². The predicted octanol–water partition coefficient (Wildman–Crippen LogP) is -0.190. The normalized spacial score (nSPS) is 13.4. The van der Waals surface area contributed by atoms with Crippen LogP contribution in [0.5, 0.6) is 0 Å². The van der Waals surface area contributed by atoms with Gasteiger partial charge in [-0.05, 0) is 12.6 Å². The quantitative estimate of drug-likeness (QED) is 0.198. The third-order valence-corrected chi connectivity index (χ3v) is 2.65. The monoisotopic (exact) mass is 282 g/mol. The lowest BCUT2D eigenvalue weighted by atomic mass is 10.3. The summed E-state index contributed by atoms with van der Waals surface area (Å²) in [5.74, 6) is -0.460. The number of quaternary nitrogens is 1. The molecule has 6 nitrogen and oxygen atoms in total. The summed E-state index contributed by atoms with van der Waals surface area (Å²) < 4.78 is 5.64. The number of ether oxygens (including phenoxy) is 1. The van der Waals surface area contributed by atoms with E-state index in [1.165, 1.54) is 7.11 Å². The van der Waals surface area contributed by atoms with Crippen LogP contribution in [0.15, 0.2) is 0 Å². The Morgan fingerprint density at radius 3 is 2.67 bits per heavy atom. The minimum atomic E-state index is -0.597. The van der Waals surface area contributed by atoms with Crippen molar-refractivity contribution in [3.8, 4) is 0 Å². The van der Waals surface area contributed by atoms with Crippen LogP contribution in [0.25, 0.3) is 0 Å². The number of nitrogens with zero attached hydrogens (tertiary/aromatic N) is 1. The maximum absolute atomic E-state index is 11.3. The van der Waals surface area contributed by atoms with E-state index in [2.05, 4.69) is 19.0 Å². The Balaban J connectivity index is 3.87. The van der Waals surface area contributed by atoms with Crippen molar-refractivity contribution >= 4 is 15.2 Å². The fraction of sp³-hybridized carbons (Fsp3) is 0.909. The van der Waals surface area contributed by atoms with Crippen molar-refractivity contribution in [1.29, 1.82) is 0 Å². The first kappa shape index (κ1) is 17.7. The first-order valence-corrected chi connectivity index (χ1v) is 6.74. The second-order valence-corrected chi connectivity index (χ2v) is 5.35. The fourth-order valence-corrected chi connectivity index (χ4v) is 1.73. The van der Waals surface area contributed by atoms with E-state index in [4.69, 9.17) is 4.74 Å². The van der Waals surface area contributed by atoms with Crippen molar-refractivity contribution in [3.63, 3.8) is 0 Å². The van der Waals surface area contributed by atoms with Crippen molar-refractivity contribution in [2.45, 2.75) is 12.5 Å². The number of aliphatic hydroxyl groups excluding tert-OH is 1. The second kappa shape index (κ2) is 9.64. The van der Waals surface area contributed by atoms with Crippen molar-refractivity contribution < 1.29 is 28.9 Å². The molecule has 108 valence electrons. The summed E-state index contributed by atoms with van der Waals surface area (Å²) in [6.07, 6.45) is 1.34. The van der Waals surface area contributed by atoms with Crippen LogP contribution >= 0.6 is 9.24 Å². The molecule has 0 aromatic rings. The van der Waals surface area contributed by atoms with Gasteiger partial charge >= 0.3 is 5.97 Å². The summed E-state index contributed by atoms with van der Waals surface area (Å²) in [7, 11) is 7.58. The minimum Gasteiger partial charge on any atom is -0.385 e. The second-order valence-electron chi connectivity index (χ2n) is 4.77. The lowest BCUT2D eigenvalue weighted by Gasteiger charge is -2.30. The van der Waals surface area contributed by atoms with E-state index in [1.807, 2.05) is 14.1 Å². The molecule has 0 saturated carbocycles. The van der Waals surface area contributed by atoms with Crippen molar-refractivity contribution in [1.82, 2.24) is 0 Å². The molecule has 1 N–H and O–H groups in total. The molecule has 0 aromatic carbocycles. The van der Waals surface area contributed by atoms with Crippen LogP contribution in [-0.4, -0.2) is 75.3 Å². The van der Waals surface area contributed by atoms with Crippen molar-refractivity contribution in [2.24, 2.45) is 0 Å². The van der Waals surface area contributed by atoms with Gasteiger partial charge in [0.05, 0.1) is 27.8 Å². The predicted molar refractivity (Wildman–Crippen MR) is 71.0 cm³/mol. The highest BCUT2D eigenvalue weighted by atomic mass is 31.0. The number of rotatable bonds is 10. The van der Waals surface area contributed by atoms with E-state index >= 15 is 0 Å². The Kier molecular flexibility index (Phi) is 9.50. The molecule has 0 aliphatic heterocycles. The van der Waals surface area contributed by atoms with Gasteiger partial charge in [0.2, 0.25) is 0 Å². The topological polar surface area (TPSA) is 65.0 Å². The zero-order chi connectivity index (χ0) is 14.0. The standard InChI is InChI=1S/C11H25NO5P/c1-12(2,8-11(14)17-15-3)7-10(13)9-16-5-4-6-18/h10,13H,4-9,18H2,1-3H3/q+1. The molecule has 2 unspecified atom stereocenters. The zero-order valence-corrected chi connectivity index (χ0v) is 12.6. The molecule has 0 fully saturated rings. The molecule has 0 spiro atoms. The number of carbonyl (C=O) groups is 1. The highest BCUT2D eigenvalue weighted by molar-refractivity contribution is 7.16. The van der Waals surface area contributed by atoms with E-state index in [0.717, 1.165) is 12.6 Å². The molecule has 0 bridgehead atoms. The highest BCUT2D eigenvalue weighted by Crippen LogP contribution is 2.02. The maximum atomic E-state index is 11.3. The largest absolute Gasteiger partial charge is 0.396 e. The summed E-state index contributed by atoms with van der Waals surface area (Å²) in [4.78, 5) is 20.0. The summed E-state index contributed by atoms with van der Waals surface area (Å²) in [5, 5.41) is 9.80. The average molecular weight is 282 g/mol. The highest BCUT2D eigenvalue weighted by Gasteiger charge is 2.25. The van der Waals surface area contributed by atoms with Crippen LogP contribution in [0.4, 0.5) is 0 Å². The summed E-state index contributed by atoms with van der Waals surface area (Å²) in [5.41, 5.74) is 0. The number of likely N-dealkylation sites (N-methyl/N-ethyl adjacent to an activating group) is 1. The van der Waals surface area contributed by atoms with E-state index in [-0.39, 0.29) is 13.2 Å². The zero-order valence-electron chi connectivity index (χ0n) is 11.4. The third-order valence-electron chi connectivity index (χ3n) is 2.24. The van der Waals surface area contributed by atoms with E-state index in [0.29, 0.717) is 17.6 Å². The molecule has 0 rings (SSSR count). The Hall–Kier alpha value is -0.260. The van der Waals surface area contributed by atoms with Gasteiger partial charge in [0, 0.05) is 6.61 Å². The SMILES string of the molecule is COOC(=O)C[N+](C)(C)CC(O)COCCCP. The molecule has 0 heterocycles. The molecule has 0 aliphatic carbocycles. The molecule has 18 heavy (non-hydrogen) atoms. The van der Waals surface area contributed by atoms with Gasteiger partial charge in [-0.25, -0.2) is 4.79 Å². The molecule has 0 saturated heterocycles. The van der Waals surface area contributed by atoms with Gasteiger partial charge in [-0.2, -0.15) is 4.89 Å². The molecule has 0 aliphatic rings. The summed E-state index contributed by atoms with van der Waals surface area (Å²) >= 11 is 0. The van der Waals surface area contributed by atoms with Gasteiger partial charge in [0.15, 0.2) is 6.54 Å². The Morgan fingerprint density at radius 1 is 1.44 bits per heavy atom. The van der Waals surface area contributed by atoms with Gasteiger partial charge < -0.3 is 14.3 Å². The number of hydrogen-bond donors (Lipinski definition) is 1. The van der Waals surface area contributed by atoms with Gasteiger partial charge in [-0.15, -0.1) is 9.24 Å². The van der Waals surface area contributed by atoms with Gasteiger partial charge in [-0.3, -0.25) is 4.89 Å². The Labute approximate surface area is 111 Å². The first-order valence-electron chi connectivity index (χ1n) is 5.92. The fourth-order valence-electron chi connectivity index (χ4n) is 1.56. The summed E-state index contributed by atoms with van der Waals surface area (Å²) in [6, 6.07) is 0. The lowest BCUT2D eigenvalue weighted by Crippen LogP contribution is -2.49. The molecular weight excluding hydrogens is 257 g/mol. The van der Waals surface area contributed by atoms with Gasteiger partial charge in [0.1, 0.15) is 12.6 Å². The molecule has 0 amide bonds. The van der Waals surface area contributed by atoms with E-state index in [1.54, 1.807) is 0 Å². The Bertz CT molecular complexity index is 237. The van der Waals surface area contributed by atoms with Gasteiger partial charge in [-0.1, -0.05) is 0 Å². The average Bonchev–Trinajstić information content (AvgIpc) is 2.23. The molecule has 0 aromatic heterocycles. The first-order chi connectivity index (χ1) is 8.41.